The van der Waals surface area contributed by atoms with E-state index in [1.54, 1.807) is 6.20 Å². The van der Waals surface area contributed by atoms with E-state index >= 15 is 0 Å². The number of rotatable bonds is 6. The van der Waals surface area contributed by atoms with Gasteiger partial charge in [0.15, 0.2) is 11.6 Å². The summed E-state index contributed by atoms with van der Waals surface area (Å²) >= 11 is 0. The van der Waals surface area contributed by atoms with Gasteiger partial charge in [-0.15, -0.1) is 0 Å². The van der Waals surface area contributed by atoms with E-state index in [-0.39, 0.29) is 11.2 Å². The maximum absolute atomic E-state index is 14.2. The average Bonchev–Trinajstić information content (AvgIpc) is 2.56. The van der Waals surface area contributed by atoms with Crippen LogP contribution in [0.5, 0.6) is 5.75 Å². The third-order valence-electron chi connectivity index (χ3n) is 5.79. The number of anilines is 1. The number of nitrogens with two attached hydrogens (primary N) is 1. The predicted octanol–water partition coefficient (Wildman–Crippen LogP) is 1.91. The maximum atomic E-state index is 14.2. The van der Waals surface area contributed by atoms with Crippen LogP contribution < -0.4 is 14.8 Å². The summed E-state index contributed by atoms with van der Waals surface area (Å²) in [6, 6.07) is 2.27. The largest absolute Gasteiger partial charge is 0.494 e. The third-order valence-corrected chi connectivity index (χ3v) is 6.87. The molecule has 2 N–H and O–H groups in total. The van der Waals surface area contributed by atoms with Crippen molar-refractivity contribution in [3.8, 4) is 5.75 Å². The molecule has 2 aliphatic rings. The van der Waals surface area contributed by atoms with Crippen molar-refractivity contribution in [3.05, 3.63) is 24.1 Å². The molecule has 1 aromatic heterocycles. The number of fused-ring (bicyclic) bond motifs is 1. The lowest BCUT2D eigenvalue weighted by Crippen LogP contribution is -2.68. The number of hydrogen-bond acceptors (Lipinski definition) is 6. The molecule has 0 amide bonds. The highest BCUT2D eigenvalue weighted by Crippen LogP contribution is 2.52. The van der Waals surface area contributed by atoms with Gasteiger partial charge in [-0.25, -0.2) is 18.3 Å². The Balaban J connectivity index is 1.48. The van der Waals surface area contributed by atoms with E-state index in [1.165, 1.54) is 19.2 Å². The molecule has 1 spiro atoms. The van der Waals surface area contributed by atoms with Crippen LogP contribution in [0, 0.1) is 11.2 Å². The zero-order chi connectivity index (χ0) is 21.9. The summed E-state index contributed by atoms with van der Waals surface area (Å²) in [5, 5.41) is 13.7. The maximum Gasteiger partial charge on any atom is 0.277 e. The van der Waals surface area contributed by atoms with Crippen LogP contribution in [0.15, 0.2) is 18.3 Å². The van der Waals surface area contributed by atoms with Gasteiger partial charge in [-0.05, 0) is 18.9 Å². The Kier molecular flexibility index (Phi) is 4.86. The van der Waals surface area contributed by atoms with Crippen LogP contribution in [0.25, 0.3) is 10.9 Å². The van der Waals surface area contributed by atoms with Crippen LogP contribution in [-0.2, 0) is 10.2 Å². The Morgan fingerprint density at radius 3 is 2.60 bits per heavy atom. The van der Waals surface area contributed by atoms with Gasteiger partial charge >= 0.3 is 0 Å². The van der Waals surface area contributed by atoms with Gasteiger partial charge in [0.2, 0.25) is 0 Å². The highest BCUT2D eigenvalue weighted by Gasteiger charge is 2.56. The quantitative estimate of drug-likeness (QED) is 0.729. The molecule has 2 heterocycles. The zero-order valence-electron chi connectivity index (χ0n) is 16.5. The van der Waals surface area contributed by atoms with Crippen LogP contribution in [0.1, 0.15) is 19.8 Å². The van der Waals surface area contributed by atoms with Crippen LogP contribution in [-0.4, -0.2) is 61.6 Å². The molecular formula is C18H22F3N5O3S. The lowest BCUT2D eigenvalue weighted by Gasteiger charge is -2.61. The lowest BCUT2D eigenvalue weighted by atomic mass is 9.60. The van der Waals surface area contributed by atoms with Crippen molar-refractivity contribution < 1.29 is 26.3 Å². The highest BCUT2D eigenvalue weighted by atomic mass is 32.2. The average molecular weight is 445 g/mol. The molecule has 12 heteroatoms. The van der Waals surface area contributed by atoms with Gasteiger partial charge in [0.1, 0.15) is 0 Å². The number of aromatic nitrogens is 2. The molecule has 30 heavy (non-hydrogen) atoms. The van der Waals surface area contributed by atoms with Gasteiger partial charge < -0.3 is 9.64 Å². The van der Waals surface area contributed by atoms with E-state index in [2.05, 4.69) is 10.2 Å². The number of methoxy groups -OCH3 is 1. The molecule has 0 unspecified atom stereocenters. The topological polar surface area (TPSA) is 102 Å². The molecule has 1 saturated heterocycles. The summed E-state index contributed by atoms with van der Waals surface area (Å²) in [5.74, 6) is -3.61. The summed E-state index contributed by atoms with van der Waals surface area (Å²) in [6.07, 6.45) is 2.43. The van der Waals surface area contributed by atoms with Gasteiger partial charge in [0, 0.05) is 42.9 Å². The molecule has 1 aliphatic heterocycles. The molecule has 2 fully saturated rings. The molecule has 1 aromatic carbocycles. The van der Waals surface area contributed by atoms with E-state index < -0.39 is 34.5 Å². The highest BCUT2D eigenvalue weighted by molar-refractivity contribution is 7.86. The van der Waals surface area contributed by atoms with Crippen LogP contribution in [0.2, 0.25) is 0 Å². The normalized spacial score (nSPS) is 19.2. The number of ether oxygens (including phenoxy) is 1. The van der Waals surface area contributed by atoms with E-state index in [9.17, 15) is 21.6 Å². The zero-order valence-corrected chi connectivity index (χ0v) is 17.3. The Labute approximate surface area is 172 Å². The van der Waals surface area contributed by atoms with Gasteiger partial charge in [-0.1, -0.05) is 0 Å². The summed E-state index contributed by atoms with van der Waals surface area (Å²) < 4.78 is 70.2. The van der Waals surface area contributed by atoms with Gasteiger partial charge in [0.05, 0.1) is 31.1 Å². The number of alkyl halides is 2. The Morgan fingerprint density at radius 1 is 1.37 bits per heavy atom. The fraction of sp³-hybridized carbons (Fsp3) is 0.556. The van der Waals surface area contributed by atoms with Crippen LogP contribution >= 0.6 is 0 Å². The minimum atomic E-state index is -4.23. The van der Waals surface area contributed by atoms with Crippen LogP contribution in [0.4, 0.5) is 18.9 Å². The molecule has 4 rings (SSSR count). The number of benzene rings is 1. The van der Waals surface area contributed by atoms with Crippen molar-refractivity contribution in [2.45, 2.75) is 31.7 Å². The van der Waals surface area contributed by atoms with Crippen LogP contribution in [0.3, 0.4) is 0 Å². The second-order valence-corrected chi connectivity index (χ2v) is 9.81. The first-order valence-corrected chi connectivity index (χ1v) is 10.8. The van der Waals surface area contributed by atoms with E-state index in [0.717, 1.165) is 0 Å². The molecule has 0 radical (unpaired) electrons. The molecule has 0 bridgehead atoms. The summed E-state index contributed by atoms with van der Waals surface area (Å²) in [7, 11) is -2.86. The molecule has 1 saturated carbocycles. The minimum Gasteiger partial charge on any atom is -0.494 e. The smallest absolute Gasteiger partial charge is 0.277 e. The monoisotopic (exact) mass is 445 g/mol. The first kappa shape index (κ1) is 21.1. The van der Waals surface area contributed by atoms with E-state index in [4.69, 9.17) is 9.88 Å². The van der Waals surface area contributed by atoms with Gasteiger partial charge in [-0.2, -0.15) is 22.9 Å². The van der Waals surface area contributed by atoms with Gasteiger partial charge in [0.25, 0.3) is 16.1 Å². The lowest BCUT2D eigenvalue weighted by molar-refractivity contribution is -0.0414. The standard InChI is InChI=1S/C18H22F3N5O3S/c1-17(20,21)8-26(30(22,27)28)11-5-18(6-11)9-25(10-18)15-7-23-24-14-4-16(29-2)13(19)3-12(14)15/h3-4,7,11H,5-6,8-10H2,1-2H3,(H2,22,27,28). The van der Waals surface area contributed by atoms with Crippen molar-refractivity contribution in [1.82, 2.24) is 14.5 Å². The number of halogens is 3. The van der Waals surface area contributed by atoms with Gasteiger partial charge in [-0.3, -0.25) is 0 Å². The Morgan fingerprint density at radius 2 is 2.03 bits per heavy atom. The number of nitrogens with zero attached hydrogens (tertiary/aromatic N) is 4. The van der Waals surface area contributed by atoms with Crippen molar-refractivity contribution in [2.75, 3.05) is 31.6 Å². The molecule has 1 aliphatic carbocycles. The molecule has 8 nitrogen and oxygen atoms in total. The number of hydrogen-bond donors (Lipinski definition) is 1. The Bertz CT molecular complexity index is 1080. The fourth-order valence-corrected chi connectivity index (χ4v) is 5.46. The molecular weight excluding hydrogens is 423 g/mol. The van der Waals surface area contributed by atoms with Crippen molar-refractivity contribution in [2.24, 2.45) is 10.6 Å². The first-order valence-electron chi connectivity index (χ1n) is 9.32. The predicted molar refractivity (Wildman–Crippen MR) is 104 cm³/mol. The second-order valence-electron chi connectivity index (χ2n) is 8.31. The third kappa shape index (κ3) is 3.79. The van der Waals surface area contributed by atoms with Crippen molar-refractivity contribution in [3.63, 3.8) is 0 Å². The molecule has 0 atom stereocenters. The van der Waals surface area contributed by atoms with E-state index in [0.29, 0.717) is 53.8 Å². The minimum absolute atomic E-state index is 0.0756. The molecule has 2 aromatic rings. The van der Waals surface area contributed by atoms with Crippen molar-refractivity contribution in [1.29, 1.82) is 0 Å². The van der Waals surface area contributed by atoms with E-state index in [1.807, 2.05) is 4.90 Å². The second kappa shape index (κ2) is 6.92. The van der Waals surface area contributed by atoms with Crippen molar-refractivity contribution >= 4 is 26.8 Å². The Hall–Kier alpha value is -2.18. The summed E-state index contributed by atoms with van der Waals surface area (Å²) in [4.78, 5) is 1.99. The fourth-order valence-electron chi connectivity index (χ4n) is 4.49. The summed E-state index contributed by atoms with van der Waals surface area (Å²) in [5.41, 5.74) is 1.01. The SMILES string of the molecule is COc1cc2nncc(N3CC4(CC(N(CC(C)(F)F)S(N)(=O)=O)C4)C3)c2cc1F. The summed E-state index contributed by atoms with van der Waals surface area (Å²) in [6.45, 7) is 0.897. The first-order chi connectivity index (χ1) is 13.9. The molecule has 164 valence electrons.